The number of imidazole rings is 1. The van der Waals surface area contributed by atoms with Crippen molar-refractivity contribution in [3.63, 3.8) is 0 Å². The average Bonchev–Trinajstić information content (AvgIpc) is 2.87. The lowest BCUT2D eigenvalue weighted by Gasteiger charge is -2.35. The van der Waals surface area contributed by atoms with Crippen LogP contribution in [-0.2, 0) is 11.0 Å². The largest absolute Gasteiger partial charge is 0.411 e. The molecule has 2 aromatic rings. The zero-order chi connectivity index (χ0) is 16.5. The van der Waals surface area contributed by atoms with Crippen LogP contribution in [0.4, 0.5) is 10.1 Å². The van der Waals surface area contributed by atoms with E-state index in [4.69, 9.17) is 10.2 Å². The first-order valence-corrected chi connectivity index (χ1v) is 10.2. The van der Waals surface area contributed by atoms with E-state index in [1.54, 1.807) is 23.0 Å². The van der Waals surface area contributed by atoms with Crippen LogP contribution < -0.4 is 5.73 Å². The maximum atomic E-state index is 13.5. The number of benzene rings is 1. The van der Waals surface area contributed by atoms with Gasteiger partial charge in [0, 0.05) is 18.0 Å². The molecule has 1 aromatic heterocycles. The molecule has 0 aliphatic rings. The third-order valence-electron chi connectivity index (χ3n) is 4.31. The molecule has 0 spiro atoms. The summed E-state index contributed by atoms with van der Waals surface area (Å²) in [5.41, 5.74) is 7.16. The van der Waals surface area contributed by atoms with E-state index in [9.17, 15) is 4.39 Å². The van der Waals surface area contributed by atoms with E-state index in [0.717, 1.165) is 5.69 Å². The minimum Gasteiger partial charge on any atom is -0.411 e. The Bertz CT molecular complexity index is 662. The van der Waals surface area contributed by atoms with Gasteiger partial charge in [0.15, 0.2) is 8.32 Å². The van der Waals surface area contributed by atoms with E-state index in [1.165, 1.54) is 6.07 Å². The topological polar surface area (TPSA) is 53.1 Å². The Kier molecular flexibility index (Phi) is 4.44. The summed E-state index contributed by atoms with van der Waals surface area (Å²) in [6, 6.07) is 4.71. The predicted molar refractivity (Wildman–Crippen MR) is 89.9 cm³/mol. The van der Waals surface area contributed by atoms with Gasteiger partial charge >= 0.3 is 0 Å². The van der Waals surface area contributed by atoms with E-state index in [1.807, 2.05) is 6.20 Å². The number of halogens is 1. The van der Waals surface area contributed by atoms with Gasteiger partial charge in [-0.3, -0.25) is 0 Å². The van der Waals surface area contributed by atoms with Crippen molar-refractivity contribution < 1.29 is 8.82 Å². The summed E-state index contributed by atoms with van der Waals surface area (Å²) >= 11 is 0. The molecule has 0 radical (unpaired) electrons. The Morgan fingerprint density at radius 3 is 2.59 bits per heavy atom. The normalized spacial score (nSPS) is 12.6. The molecule has 0 fully saturated rings. The van der Waals surface area contributed by atoms with Crippen LogP contribution in [0.5, 0.6) is 0 Å². The molecular weight excluding hydrogens is 297 g/mol. The van der Waals surface area contributed by atoms with Crippen LogP contribution in [-0.4, -0.2) is 17.9 Å². The number of aromatic nitrogens is 2. The van der Waals surface area contributed by atoms with Gasteiger partial charge in [-0.15, -0.1) is 0 Å². The Hall–Kier alpha value is -1.66. The molecule has 4 nitrogen and oxygen atoms in total. The highest BCUT2D eigenvalue weighted by atomic mass is 28.4. The molecule has 0 aliphatic heterocycles. The van der Waals surface area contributed by atoms with E-state index < -0.39 is 14.1 Å². The van der Waals surface area contributed by atoms with Gasteiger partial charge in [-0.1, -0.05) is 20.8 Å². The fraction of sp³-hybridized carbons (Fsp3) is 0.438. The van der Waals surface area contributed by atoms with E-state index in [2.05, 4.69) is 38.8 Å². The van der Waals surface area contributed by atoms with Crippen molar-refractivity contribution in [2.24, 2.45) is 0 Å². The summed E-state index contributed by atoms with van der Waals surface area (Å²) in [4.78, 5) is 4.34. The van der Waals surface area contributed by atoms with Crippen molar-refractivity contribution in [1.29, 1.82) is 0 Å². The Morgan fingerprint density at radius 1 is 1.32 bits per heavy atom. The molecular formula is C16H24FN3OSi. The SMILES string of the molecule is CC(C)(C)[Si](C)(C)OCc1cn(-c2ccc(N)c(F)c2)cn1. The van der Waals surface area contributed by atoms with Gasteiger partial charge in [-0.2, -0.15) is 0 Å². The molecule has 0 unspecified atom stereocenters. The van der Waals surface area contributed by atoms with E-state index >= 15 is 0 Å². The zero-order valence-electron chi connectivity index (χ0n) is 13.9. The number of anilines is 1. The van der Waals surface area contributed by atoms with Gasteiger partial charge < -0.3 is 14.7 Å². The predicted octanol–water partition coefficient (Wildman–Crippen LogP) is 4.12. The van der Waals surface area contributed by atoms with Crippen LogP contribution in [0.25, 0.3) is 5.69 Å². The molecule has 0 saturated carbocycles. The summed E-state index contributed by atoms with van der Waals surface area (Å²) in [5, 5.41) is 0.162. The molecule has 2 N–H and O–H groups in total. The van der Waals surface area contributed by atoms with Gasteiger partial charge in [0.1, 0.15) is 5.82 Å². The highest BCUT2D eigenvalue weighted by Gasteiger charge is 2.37. The average molecular weight is 321 g/mol. The standard InChI is InChI=1S/C16H24FN3OSi/c1-16(2,3)22(4,5)21-10-12-9-20(11-19-12)13-6-7-15(18)14(17)8-13/h6-9,11H,10,18H2,1-5H3. The first-order chi connectivity index (χ1) is 10.1. The molecule has 0 atom stereocenters. The smallest absolute Gasteiger partial charge is 0.192 e. The lowest BCUT2D eigenvalue weighted by molar-refractivity contribution is 0.272. The highest BCUT2D eigenvalue weighted by molar-refractivity contribution is 6.74. The fourth-order valence-electron chi connectivity index (χ4n) is 1.73. The molecule has 22 heavy (non-hydrogen) atoms. The van der Waals surface area contributed by atoms with Gasteiger partial charge in [0.25, 0.3) is 0 Å². The van der Waals surface area contributed by atoms with Crippen LogP contribution in [0, 0.1) is 5.82 Å². The molecule has 0 aliphatic carbocycles. The monoisotopic (exact) mass is 321 g/mol. The van der Waals surface area contributed by atoms with Crippen LogP contribution in [0.15, 0.2) is 30.7 Å². The maximum Gasteiger partial charge on any atom is 0.192 e. The zero-order valence-corrected chi connectivity index (χ0v) is 14.9. The Balaban J connectivity index is 2.10. The summed E-state index contributed by atoms with van der Waals surface area (Å²) in [5.74, 6) is -0.426. The van der Waals surface area contributed by atoms with Crippen LogP contribution >= 0.6 is 0 Å². The van der Waals surface area contributed by atoms with Gasteiger partial charge in [-0.05, 0) is 30.3 Å². The van der Waals surface area contributed by atoms with E-state index in [-0.39, 0.29) is 10.7 Å². The minimum absolute atomic E-state index is 0.144. The second-order valence-electron chi connectivity index (χ2n) is 7.03. The second kappa shape index (κ2) is 5.85. The summed E-state index contributed by atoms with van der Waals surface area (Å²) in [6.07, 6.45) is 3.52. The summed E-state index contributed by atoms with van der Waals surface area (Å²) in [6.45, 7) is 11.5. The number of nitrogens with zero attached hydrogens (tertiary/aromatic N) is 2. The van der Waals surface area contributed by atoms with Crippen LogP contribution in [0.2, 0.25) is 18.1 Å². The third kappa shape index (κ3) is 3.56. The number of hydrogen-bond donors (Lipinski definition) is 1. The molecule has 0 amide bonds. The lowest BCUT2D eigenvalue weighted by atomic mass is 10.2. The Labute approximate surface area is 132 Å². The van der Waals surface area contributed by atoms with Crippen molar-refractivity contribution >= 4 is 14.0 Å². The summed E-state index contributed by atoms with van der Waals surface area (Å²) < 4.78 is 21.4. The van der Waals surface area contributed by atoms with Crippen molar-refractivity contribution in [3.8, 4) is 5.69 Å². The van der Waals surface area contributed by atoms with Crippen LogP contribution in [0.3, 0.4) is 0 Å². The number of nitrogen functional groups attached to an aromatic ring is 1. The maximum absolute atomic E-state index is 13.5. The molecule has 6 heteroatoms. The Morgan fingerprint density at radius 2 is 2.00 bits per heavy atom. The number of rotatable bonds is 4. The second-order valence-corrected chi connectivity index (χ2v) is 11.8. The molecule has 1 aromatic carbocycles. The van der Waals surface area contributed by atoms with E-state index in [0.29, 0.717) is 12.3 Å². The van der Waals surface area contributed by atoms with Crippen LogP contribution in [0.1, 0.15) is 26.5 Å². The van der Waals surface area contributed by atoms with Crippen molar-refractivity contribution in [2.45, 2.75) is 45.5 Å². The van der Waals surface area contributed by atoms with Gasteiger partial charge in [-0.25, -0.2) is 9.37 Å². The molecule has 0 saturated heterocycles. The van der Waals surface area contributed by atoms with Gasteiger partial charge in [0.2, 0.25) is 0 Å². The third-order valence-corrected chi connectivity index (χ3v) is 8.78. The first-order valence-electron chi connectivity index (χ1n) is 7.32. The van der Waals surface area contributed by atoms with Crippen molar-refractivity contribution in [3.05, 3.63) is 42.2 Å². The fourth-order valence-corrected chi connectivity index (χ4v) is 2.67. The number of nitrogens with two attached hydrogens (primary N) is 1. The summed E-state index contributed by atoms with van der Waals surface area (Å²) in [7, 11) is -1.80. The molecule has 120 valence electrons. The highest BCUT2D eigenvalue weighted by Crippen LogP contribution is 2.37. The minimum atomic E-state index is -1.80. The number of hydrogen-bond acceptors (Lipinski definition) is 3. The molecule has 0 bridgehead atoms. The van der Waals surface area contributed by atoms with Gasteiger partial charge in [0.05, 0.1) is 24.3 Å². The lowest BCUT2D eigenvalue weighted by Crippen LogP contribution is -2.40. The molecule has 2 rings (SSSR count). The van der Waals surface area contributed by atoms with Crippen molar-refractivity contribution in [1.82, 2.24) is 9.55 Å². The molecule has 1 heterocycles. The van der Waals surface area contributed by atoms with Crippen molar-refractivity contribution in [2.75, 3.05) is 5.73 Å². The quantitative estimate of drug-likeness (QED) is 0.681. The first kappa shape index (κ1) is 16.7.